The number of aromatic nitrogens is 2. The number of hydrogen-bond acceptors (Lipinski definition) is 5. The number of nitro benzene ring substituents is 1. The van der Waals surface area contributed by atoms with E-state index in [1.54, 1.807) is 0 Å². The minimum absolute atomic E-state index is 0.0227. The second-order valence-corrected chi connectivity index (χ2v) is 4.08. The molecule has 10 heteroatoms. The van der Waals surface area contributed by atoms with Gasteiger partial charge >= 0.3 is 0 Å². The van der Waals surface area contributed by atoms with E-state index in [2.05, 4.69) is 9.97 Å². The van der Waals surface area contributed by atoms with Crippen LogP contribution in [0.15, 0.2) is 24.5 Å². The molecular weight excluding hydrogens is 310 g/mol. The number of nitrogens with zero attached hydrogens (tertiary/aromatic N) is 3. The van der Waals surface area contributed by atoms with Crippen molar-refractivity contribution in [1.82, 2.24) is 9.97 Å². The van der Waals surface area contributed by atoms with Gasteiger partial charge in [0, 0.05) is 6.07 Å². The van der Waals surface area contributed by atoms with E-state index in [0.717, 1.165) is 18.5 Å². The van der Waals surface area contributed by atoms with E-state index in [1.165, 1.54) is 0 Å². The van der Waals surface area contributed by atoms with Crippen molar-refractivity contribution in [2.24, 2.45) is 0 Å². The molecule has 0 atom stereocenters. The highest BCUT2D eigenvalue weighted by atomic mass is 35.5. The van der Waals surface area contributed by atoms with E-state index in [4.69, 9.17) is 11.6 Å². The van der Waals surface area contributed by atoms with Crippen molar-refractivity contribution >= 4 is 28.9 Å². The van der Waals surface area contributed by atoms with Crippen molar-refractivity contribution in [2.75, 3.05) is 5.32 Å². The minimum Gasteiger partial charge on any atom is -0.312 e. The minimum atomic E-state index is -1.54. The molecule has 0 saturated heterocycles. The molecule has 0 aliphatic carbocycles. The molecule has 1 amide bonds. The largest absolute Gasteiger partial charge is 0.312 e. The summed E-state index contributed by atoms with van der Waals surface area (Å²) in [6.07, 6.45) is 2.05. The summed E-state index contributed by atoms with van der Waals surface area (Å²) in [5.74, 6) is -3.87. The molecule has 0 aliphatic heterocycles. The Hall–Kier alpha value is -2.68. The van der Waals surface area contributed by atoms with Crippen molar-refractivity contribution in [3.05, 3.63) is 57.1 Å². The van der Waals surface area contributed by atoms with Gasteiger partial charge in [0.1, 0.15) is 10.8 Å². The first-order valence-corrected chi connectivity index (χ1v) is 5.69. The quantitative estimate of drug-likeness (QED) is 0.693. The molecule has 0 saturated carbocycles. The maximum Gasteiger partial charge on any atom is 0.296 e. The summed E-state index contributed by atoms with van der Waals surface area (Å²) in [4.78, 5) is 28.8. The van der Waals surface area contributed by atoms with Crippen molar-refractivity contribution in [3.8, 4) is 0 Å². The van der Waals surface area contributed by atoms with Gasteiger partial charge in [-0.2, -0.15) is 0 Å². The standard InChI is InChI=1S/C11H5ClF2N4O3/c12-8-4-15-6(3-16-8)11(19)17-10-7(18(20)21)2-1-5(13)9(10)14/h1-4H,(H,17,19). The molecule has 0 bridgehead atoms. The van der Waals surface area contributed by atoms with Crippen LogP contribution in [0.25, 0.3) is 0 Å². The van der Waals surface area contributed by atoms with Crippen LogP contribution in [0.1, 0.15) is 10.5 Å². The maximum atomic E-state index is 13.6. The molecule has 1 aromatic heterocycles. The molecule has 0 aliphatic rings. The third-order valence-corrected chi connectivity index (χ3v) is 2.56. The Balaban J connectivity index is 2.38. The molecule has 0 fully saturated rings. The van der Waals surface area contributed by atoms with Crippen molar-refractivity contribution in [3.63, 3.8) is 0 Å². The molecule has 0 unspecified atom stereocenters. The van der Waals surface area contributed by atoms with E-state index in [9.17, 15) is 23.7 Å². The van der Waals surface area contributed by atoms with Crippen LogP contribution in [0, 0.1) is 21.7 Å². The second-order valence-electron chi connectivity index (χ2n) is 3.69. The molecule has 21 heavy (non-hydrogen) atoms. The Kier molecular flexibility index (Phi) is 4.03. The van der Waals surface area contributed by atoms with Crippen LogP contribution in [0.2, 0.25) is 5.15 Å². The first kappa shape index (κ1) is 14.7. The van der Waals surface area contributed by atoms with Crippen LogP contribution in [0.3, 0.4) is 0 Å². The average Bonchev–Trinajstić information content (AvgIpc) is 2.44. The van der Waals surface area contributed by atoms with Crippen LogP contribution >= 0.6 is 11.6 Å². The lowest BCUT2D eigenvalue weighted by molar-refractivity contribution is -0.384. The topological polar surface area (TPSA) is 98.0 Å². The highest BCUT2D eigenvalue weighted by Gasteiger charge is 2.24. The third-order valence-electron chi connectivity index (χ3n) is 2.36. The maximum absolute atomic E-state index is 13.6. The van der Waals surface area contributed by atoms with Crippen LogP contribution in [-0.2, 0) is 0 Å². The van der Waals surface area contributed by atoms with Gasteiger partial charge in [0.15, 0.2) is 17.3 Å². The van der Waals surface area contributed by atoms with Crippen LogP contribution in [0.4, 0.5) is 20.2 Å². The molecule has 1 heterocycles. The summed E-state index contributed by atoms with van der Waals surface area (Å²) < 4.78 is 26.7. The van der Waals surface area contributed by atoms with E-state index in [-0.39, 0.29) is 10.8 Å². The number of rotatable bonds is 3. The summed E-state index contributed by atoms with van der Waals surface area (Å²) in [5.41, 5.74) is -1.94. The van der Waals surface area contributed by atoms with Crippen LogP contribution in [0.5, 0.6) is 0 Å². The smallest absolute Gasteiger partial charge is 0.296 e. The molecular formula is C11H5ClF2N4O3. The first-order chi connectivity index (χ1) is 9.90. The Morgan fingerprint density at radius 1 is 1.29 bits per heavy atom. The fourth-order valence-electron chi connectivity index (χ4n) is 1.42. The summed E-state index contributed by atoms with van der Waals surface area (Å²) in [6.45, 7) is 0. The van der Waals surface area contributed by atoms with E-state index in [0.29, 0.717) is 6.07 Å². The lowest BCUT2D eigenvalue weighted by atomic mass is 10.2. The van der Waals surface area contributed by atoms with Gasteiger partial charge in [-0.25, -0.2) is 18.7 Å². The number of anilines is 1. The molecule has 108 valence electrons. The Morgan fingerprint density at radius 3 is 2.57 bits per heavy atom. The second kappa shape index (κ2) is 5.75. The Labute approximate surface area is 120 Å². The molecule has 2 rings (SSSR count). The molecule has 1 aromatic carbocycles. The van der Waals surface area contributed by atoms with Gasteiger partial charge in [-0.05, 0) is 6.07 Å². The molecule has 1 N–H and O–H groups in total. The van der Waals surface area contributed by atoms with Crippen LogP contribution < -0.4 is 5.32 Å². The number of nitrogens with one attached hydrogen (secondary N) is 1. The summed E-state index contributed by atoms with van der Waals surface area (Å²) in [7, 11) is 0. The average molecular weight is 315 g/mol. The van der Waals surface area contributed by atoms with E-state index < -0.39 is 33.8 Å². The Bertz CT molecular complexity index is 724. The lowest BCUT2D eigenvalue weighted by Gasteiger charge is -2.07. The summed E-state index contributed by atoms with van der Waals surface area (Å²) >= 11 is 5.49. The monoisotopic (exact) mass is 314 g/mol. The normalized spacial score (nSPS) is 10.2. The zero-order valence-electron chi connectivity index (χ0n) is 10.0. The third kappa shape index (κ3) is 3.08. The predicted molar refractivity (Wildman–Crippen MR) is 68.0 cm³/mol. The van der Waals surface area contributed by atoms with Crippen molar-refractivity contribution in [1.29, 1.82) is 0 Å². The number of amides is 1. The molecule has 0 spiro atoms. The molecule has 7 nitrogen and oxygen atoms in total. The van der Waals surface area contributed by atoms with Crippen LogP contribution in [-0.4, -0.2) is 20.8 Å². The van der Waals surface area contributed by atoms with E-state index in [1.807, 2.05) is 5.32 Å². The molecule has 0 radical (unpaired) electrons. The van der Waals surface area contributed by atoms with E-state index >= 15 is 0 Å². The van der Waals surface area contributed by atoms with Crippen molar-refractivity contribution < 1.29 is 18.5 Å². The zero-order chi connectivity index (χ0) is 15.6. The number of carbonyl (C=O) groups is 1. The highest BCUT2D eigenvalue weighted by Crippen LogP contribution is 2.29. The number of carbonyl (C=O) groups excluding carboxylic acids is 1. The van der Waals surface area contributed by atoms with Gasteiger partial charge in [-0.15, -0.1) is 0 Å². The highest BCUT2D eigenvalue weighted by molar-refractivity contribution is 6.29. The van der Waals surface area contributed by atoms with Gasteiger partial charge in [0.25, 0.3) is 11.6 Å². The number of nitro groups is 1. The summed E-state index contributed by atoms with van der Waals surface area (Å²) in [6, 6.07) is 1.33. The van der Waals surface area contributed by atoms with Gasteiger partial charge in [0.05, 0.1) is 17.3 Å². The van der Waals surface area contributed by atoms with Gasteiger partial charge in [0.2, 0.25) is 0 Å². The van der Waals surface area contributed by atoms with Gasteiger partial charge in [-0.3, -0.25) is 14.9 Å². The fourth-order valence-corrected chi connectivity index (χ4v) is 1.52. The first-order valence-electron chi connectivity index (χ1n) is 5.31. The number of halogens is 3. The Morgan fingerprint density at radius 2 is 2.00 bits per heavy atom. The fraction of sp³-hybridized carbons (Fsp3) is 0. The van der Waals surface area contributed by atoms with Gasteiger partial charge < -0.3 is 5.32 Å². The zero-order valence-corrected chi connectivity index (χ0v) is 10.8. The SMILES string of the molecule is O=C(Nc1c([N+](=O)[O-])ccc(F)c1F)c1cnc(Cl)cn1. The predicted octanol–water partition coefficient (Wildman–Crippen LogP) is 2.57. The number of benzene rings is 1. The molecule has 2 aromatic rings. The van der Waals surface area contributed by atoms with Gasteiger partial charge in [-0.1, -0.05) is 11.6 Å². The number of hydrogen-bond donors (Lipinski definition) is 1. The van der Waals surface area contributed by atoms with Crippen molar-refractivity contribution in [2.45, 2.75) is 0 Å². The lowest BCUT2D eigenvalue weighted by Crippen LogP contribution is -2.16. The summed E-state index contributed by atoms with van der Waals surface area (Å²) in [5, 5.41) is 12.7.